The zero-order chi connectivity index (χ0) is 24.5. The molecule has 1 amide bonds. The predicted molar refractivity (Wildman–Crippen MR) is 137 cm³/mol. The fourth-order valence-corrected chi connectivity index (χ4v) is 5.60. The van der Waals surface area contributed by atoms with Gasteiger partial charge in [-0.2, -0.15) is 4.99 Å². The van der Waals surface area contributed by atoms with Gasteiger partial charge in [-0.15, -0.1) is 6.42 Å². The summed E-state index contributed by atoms with van der Waals surface area (Å²) in [6, 6.07) is 16.0. The van der Waals surface area contributed by atoms with Crippen LogP contribution in [-0.4, -0.2) is 18.9 Å². The monoisotopic (exact) mass is 509 g/mol. The second kappa shape index (κ2) is 9.47. The summed E-state index contributed by atoms with van der Waals surface area (Å²) in [6.07, 6.45) is 5.55. The number of hydrogen-bond acceptors (Lipinski definition) is 4. The van der Waals surface area contributed by atoms with Crippen LogP contribution >= 0.6 is 22.9 Å². The van der Waals surface area contributed by atoms with E-state index in [1.54, 1.807) is 0 Å². The molecule has 0 saturated heterocycles. The number of aryl methyl sites for hydroxylation is 2. The molecule has 4 aromatic rings. The van der Waals surface area contributed by atoms with E-state index in [1.807, 2.05) is 24.5 Å². The second-order valence-corrected chi connectivity index (χ2v) is 10.8. The highest BCUT2D eigenvalue weighted by molar-refractivity contribution is 7.92. The summed E-state index contributed by atoms with van der Waals surface area (Å²) in [5.41, 5.74) is 3.86. The van der Waals surface area contributed by atoms with Crippen LogP contribution in [0.25, 0.3) is 10.2 Å². The first-order valence-corrected chi connectivity index (χ1v) is 12.9. The number of thiazole rings is 1. The summed E-state index contributed by atoms with van der Waals surface area (Å²) < 4.78 is 30.4. The van der Waals surface area contributed by atoms with Gasteiger partial charge in [-0.1, -0.05) is 28.9 Å². The van der Waals surface area contributed by atoms with E-state index in [0.717, 1.165) is 21.3 Å². The number of anilines is 1. The smallest absolute Gasteiger partial charge is 0.279 e. The van der Waals surface area contributed by atoms with Crippen molar-refractivity contribution < 1.29 is 13.2 Å². The molecule has 4 rings (SSSR count). The third-order valence-electron chi connectivity index (χ3n) is 5.25. The quantitative estimate of drug-likeness (QED) is 0.378. The van der Waals surface area contributed by atoms with Crippen molar-refractivity contribution in [3.8, 4) is 12.3 Å². The number of halogens is 1. The van der Waals surface area contributed by atoms with Crippen LogP contribution in [0, 0.1) is 26.2 Å². The molecule has 1 aromatic heterocycles. The average molecular weight is 510 g/mol. The number of nitrogens with zero attached hydrogens (tertiary/aromatic N) is 2. The Morgan fingerprint density at radius 1 is 1.09 bits per heavy atom. The third-order valence-corrected chi connectivity index (χ3v) is 7.94. The van der Waals surface area contributed by atoms with E-state index in [4.69, 9.17) is 18.0 Å². The van der Waals surface area contributed by atoms with Crippen molar-refractivity contribution in [1.82, 2.24) is 4.57 Å². The number of rotatable bonds is 5. The van der Waals surface area contributed by atoms with Gasteiger partial charge in [0.1, 0.15) is 0 Å². The largest absolute Gasteiger partial charge is 0.305 e. The van der Waals surface area contributed by atoms with Crippen LogP contribution in [0.2, 0.25) is 5.02 Å². The molecule has 0 aliphatic heterocycles. The molecule has 9 heteroatoms. The van der Waals surface area contributed by atoms with Crippen molar-refractivity contribution in [1.29, 1.82) is 0 Å². The molecule has 172 valence electrons. The van der Waals surface area contributed by atoms with Crippen LogP contribution in [0.3, 0.4) is 0 Å². The van der Waals surface area contributed by atoms with Gasteiger partial charge >= 0.3 is 0 Å². The number of benzene rings is 3. The number of nitrogens with one attached hydrogen (secondary N) is 1. The molecule has 34 heavy (non-hydrogen) atoms. The molecule has 3 aromatic carbocycles. The highest BCUT2D eigenvalue weighted by Gasteiger charge is 2.15. The maximum atomic E-state index is 12.9. The fourth-order valence-electron chi connectivity index (χ4n) is 3.31. The Labute approximate surface area is 206 Å². The highest BCUT2D eigenvalue weighted by Crippen LogP contribution is 2.22. The minimum Gasteiger partial charge on any atom is -0.305 e. The molecule has 0 bridgehead atoms. The molecule has 0 radical (unpaired) electrons. The van der Waals surface area contributed by atoms with Gasteiger partial charge < -0.3 is 4.57 Å². The van der Waals surface area contributed by atoms with Crippen LogP contribution in [-0.2, 0) is 16.6 Å². The van der Waals surface area contributed by atoms with E-state index in [0.29, 0.717) is 27.6 Å². The van der Waals surface area contributed by atoms with Gasteiger partial charge in [-0.25, -0.2) is 8.42 Å². The molecule has 0 aliphatic rings. The van der Waals surface area contributed by atoms with Crippen molar-refractivity contribution in [3.05, 3.63) is 87.2 Å². The van der Waals surface area contributed by atoms with E-state index in [-0.39, 0.29) is 4.90 Å². The van der Waals surface area contributed by atoms with Gasteiger partial charge in [0, 0.05) is 16.3 Å². The number of aromatic nitrogens is 1. The van der Waals surface area contributed by atoms with Crippen molar-refractivity contribution in [2.24, 2.45) is 4.99 Å². The van der Waals surface area contributed by atoms with Gasteiger partial charge in [0.25, 0.3) is 15.9 Å². The molecule has 0 unspecified atom stereocenters. The van der Waals surface area contributed by atoms with Crippen LogP contribution in [0.1, 0.15) is 21.5 Å². The summed E-state index contributed by atoms with van der Waals surface area (Å²) in [5.74, 6) is 2.17. The Bertz CT molecular complexity index is 1610. The Morgan fingerprint density at radius 3 is 2.38 bits per heavy atom. The first-order chi connectivity index (χ1) is 16.2. The molecule has 6 nitrogen and oxygen atoms in total. The normalized spacial score (nSPS) is 12.0. The maximum absolute atomic E-state index is 12.9. The predicted octanol–water partition coefficient (Wildman–Crippen LogP) is 5.15. The van der Waals surface area contributed by atoms with Gasteiger partial charge in [0.2, 0.25) is 0 Å². The summed E-state index contributed by atoms with van der Waals surface area (Å²) in [7, 11) is -3.78. The number of fused-ring (bicyclic) bond motifs is 1. The molecule has 0 atom stereocenters. The summed E-state index contributed by atoms with van der Waals surface area (Å²) in [5, 5.41) is 0.443. The molecule has 0 saturated carbocycles. The van der Waals surface area contributed by atoms with Crippen molar-refractivity contribution >= 4 is 54.8 Å². The second-order valence-electron chi connectivity index (χ2n) is 7.63. The fraction of sp³-hybridized carbons (Fsp3) is 0.120. The number of amides is 1. The van der Waals surface area contributed by atoms with Gasteiger partial charge in [-0.05, 0) is 85.6 Å². The van der Waals surface area contributed by atoms with Gasteiger partial charge in [0.15, 0.2) is 4.80 Å². The van der Waals surface area contributed by atoms with E-state index >= 15 is 0 Å². The van der Waals surface area contributed by atoms with Crippen LogP contribution in [0.5, 0.6) is 0 Å². The number of hydrogen-bond donors (Lipinski definition) is 1. The minimum atomic E-state index is -3.78. The van der Waals surface area contributed by atoms with Crippen molar-refractivity contribution in [3.63, 3.8) is 0 Å². The van der Waals surface area contributed by atoms with Crippen LogP contribution in [0.4, 0.5) is 5.69 Å². The van der Waals surface area contributed by atoms with Crippen LogP contribution < -0.4 is 9.52 Å². The molecule has 0 fully saturated rings. The summed E-state index contributed by atoms with van der Waals surface area (Å²) >= 11 is 7.22. The minimum absolute atomic E-state index is 0.0837. The maximum Gasteiger partial charge on any atom is 0.279 e. The van der Waals surface area contributed by atoms with E-state index in [1.165, 1.54) is 59.9 Å². The summed E-state index contributed by atoms with van der Waals surface area (Å²) in [4.78, 5) is 17.7. The summed E-state index contributed by atoms with van der Waals surface area (Å²) in [6.45, 7) is 4.35. The third kappa shape index (κ3) is 4.92. The lowest BCUT2D eigenvalue weighted by Crippen LogP contribution is -2.16. The number of carbonyl (C=O) groups excluding carboxylic acids is 1. The SMILES string of the molecule is C#CCn1c(=NC(=O)c2ccc(NS(=O)(=O)c3ccc(Cl)cc3)cc2)sc2cc(C)c(C)cc21. The zero-order valence-corrected chi connectivity index (χ0v) is 20.8. The first kappa shape index (κ1) is 23.8. The van der Waals surface area contributed by atoms with Crippen molar-refractivity contribution in [2.45, 2.75) is 25.3 Å². The molecule has 1 N–H and O–H groups in total. The Hall–Kier alpha value is -3.38. The Kier molecular flexibility index (Phi) is 6.62. The number of terminal acetylenes is 1. The van der Waals surface area contributed by atoms with E-state index in [9.17, 15) is 13.2 Å². The molecular weight excluding hydrogens is 490 g/mol. The average Bonchev–Trinajstić information content (AvgIpc) is 3.10. The van der Waals surface area contributed by atoms with Crippen molar-refractivity contribution in [2.75, 3.05) is 4.72 Å². The lowest BCUT2D eigenvalue weighted by atomic mass is 10.1. The zero-order valence-electron chi connectivity index (χ0n) is 18.4. The van der Waals surface area contributed by atoms with E-state index < -0.39 is 15.9 Å². The first-order valence-electron chi connectivity index (χ1n) is 10.2. The number of carbonyl (C=O) groups is 1. The Morgan fingerprint density at radius 2 is 1.74 bits per heavy atom. The van der Waals surface area contributed by atoms with Gasteiger partial charge in [-0.3, -0.25) is 9.52 Å². The van der Waals surface area contributed by atoms with Gasteiger partial charge in [0.05, 0.1) is 21.7 Å². The lowest BCUT2D eigenvalue weighted by molar-refractivity contribution is 0.0998. The molecule has 1 heterocycles. The standard InChI is InChI=1S/C25H20ClN3O3S2/c1-4-13-29-22-14-16(2)17(3)15-23(22)33-25(29)27-24(30)18-5-9-20(10-6-18)28-34(31,32)21-11-7-19(26)8-12-21/h1,5-12,14-15,28H,13H2,2-3H3. The Balaban J connectivity index is 1.62. The number of sulfonamides is 1. The van der Waals surface area contributed by atoms with Crippen LogP contribution in [0.15, 0.2) is 70.6 Å². The van der Waals surface area contributed by atoms with E-state index in [2.05, 4.69) is 21.7 Å². The molecule has 0 aliphatic carbocycles. The lowest BCUT2D eigenvalue weighted by Gasteiger charge is -2.08. The topological polar surface area (TPSA) is 80.5 Å². The molecular formula is C25H20ClN3O3S2. The highest BCUT2D eigenvalue weighted by atomic mass is 35.5. The molecule has 0 spiro atoms.